The molecule has 1 saturated heterocycles. The van der Waals surface area contributed by atoms with E-state index in [0.29, 0.717) is 19.8 Å². The summed E-state index contributed by atoms with van der Waals surface area (Å²) in [6.45, 7) is 1.73. The lowest BCUT2D eigenvalue weighted by atomic mass is 10.4. The fourth-order valence-electron chi connectivity index (χ4n) is 0.934. The maximum absolute atomic E-state index is 10.7. The number of carbonyl (C=O) groups excluding carboxylic acids is 1. The van der Waals surface area contributed by atoms with Gasteiger partial charge in [0.15, 0.2) is 0 Å². The van der Waals surface area contributed by atoms with Crippen LogP contribution in [0, 0.1) is 11.3 Å². The van der Waals surface area contributed by atoms with Crippen molar-refractivity contribution in [1.82, 2.24) is 0 Å². The van der Waals surface area contributed by atoms with Crippen LogP contribution in [0.25, 0.3) is 0 Å². The maximum Gasteiger partial charge on any atom is 0.320 e. The van der Waals surface area contributed by atoms with Crippen molar-refractivity contribution < 1.29 is 19.0 Å². The quantitative estimate of drug-likeness (QED) is 0.572. The Balaban J connectivity index is 2.10. The van der Waals surface area contributed by atoms with Crippen molar-refractivity contribution in [3.8, 4) is 6.07 Å². The Labute approximate surface area is 76.2 Å². The molecule has 5 nitrogen and oxygen atoms in total. The van der Waals surface area contributed by atoms with Crippen molar-refractivity contribution in [1.29, 1.82) is 5.26 Å². The van der Waals surface area contributed by atoms with Gasteiger partial charge in [-0.1, -0.05) is 0 Å². The van der Waals surface area contributed by atoms with Crippen LogP contribution in [0.2, 0.25) is 0 Å². The molecule has 0 saturated carbocycles. The summed E-state index contributed by atoms with van der Waals surface area (Å²) in [7, 11) is 0. The van der Waals surface area contributed by atoms with Gasteiger partial charge in [0.05, 0.1) is 25.9 Å². The van der Waals surface area contributed by atoms with Gasteiger partial charge in [0.2, 0.25) is 0 Å². The van der Waals surface area contributed by atoms with Gasteiger partial charge in [0.25, 0.3) is 0 Å². The Morgan fingerprint density at radius 3 is 3.08 bits per heavy atom. The first-order valence-electron chi connectivity index (χ1n) is 4.05. The van der Waals surface area contributed by atoms with E-state index in [1.807, 2.05) is 0 Å². The van der Waals surface area contributed by atoms with Gasteiger partial charge in [-0.2, -0.15) is 5.26 Å². The number of nitrogens with zero attached hydrogens (tertiary/aromatic N) is 1. The van der Waals surface area contributed by atoms with E-state index in [9.17, 15) is 4.79 Å². The first kappa shape index (κ1) is 9.96. The van der Waals surface area contributed by atoms with E-state index in [-0.39, 0.29) is 19.1 Å². The van der Waals surface area contributed by atoms with E-state index in [1.165, 1.54) is 0 Å². The Bertz CT molecular complexity index is 205. The second kappa shape index (κ2) is 5.51. The molecule has 1 aliphatic heterocycles. The Morgan fingerprint density at radius 2 is 2.46 bits per heavy atom. The first-order chi connectivity index (χ1) is 6.33. The first-order valence-corrected chi connectivity index (χ1v) is 4.05. The highest BCUT2D eigenvalue weighted by atomic mass is 16.6. The highest BCUT2D eigenvalue weighted by molar-refractivity contribution is 5.71. The van der Waals surface area contributed by atoms with Crippen LogP contribution >= 0.6 is 0 Å². The summed E-state index contributed by atoms with van der Waals surface area (Å²) < 4.78 is 15.1. The number of rotatable bonds is 3. The van der Waals surface area contributed by atoms with Gasteiger partial charge in [0, 0.05) is 0 Å². The lowest BCUT2D eigenvalue weighted by Crippen LogP contribution is -2.33. The molecule has 0 radical (unpaired) electrons. The van der Waals surface area contributed by atoms with Crippen LogP contribution in [0.15, 0.2) is 0 Å². The second-order valence-corrected chi connectivity index (χ2v) is 2.59. The number of ether oxygens (including phenoxy) is 3. The third kappa shape index (κ3) is 3.87. The molecule has 0 aromatic heterocycles. The predicted molar refractivity (Wildman–Crippen MR) is 41.7 cm³/mol. The summed E-state index contributed by atoms with van der Waals surface area (Å²) in [6.07, 6.45) is -0.399. The molecule has 0 aromatic carbocycles. The van der Waals surface area contributed by atoms with Gasteiger partial charge in [0.1, 0.15) is 19.1 Å². The standard InChI is InChI=1S/C8H11NO4/c9-2-1-8(10)13-6-7-5-11-3-4-12-7/h7H,1,3-6H2. The minimum absolute atomic E-state index is 0.167. The summed E-state index contributed by atoms with van der Waals surface area (Å²) in [6, 6.07) is 1.71. The zero-order valence-electron chi connectivity index (χ0n) is 7.19. The van der Waals surface area contributed by atoms with Gasteiger partial charge in [-0.05, 0) is 0 Å². The third-order valence-corrected chi connectivity index (χ3v) is 1.54. The SMILES string of the molecule is N#CCC(=O)OCC1COCCO1. The Hall–Kier alpha value is -1.12. The molecule has 1 heterocycles. The second-order valence-electron chi connectivity index (χ2n) is 2.59. The van der Waals surface area contributed by atoms with Gasteiger partial charge >= 0.3 is 5.97 Å². The zero-order valence-corrected chi connectivity index (χ0v) is 7.19. The predicted octanol–water partition coefficient (Wildman–Crippen LogP) is -0.141. The van der Waals surface area contributed by atoms with E-state index in [2.05, 4.69) is 0 Å². The molecular weight excluding hydrogens is 174 g/mol. The average molecular weight is 185 g/mol. The molecule has 1 atom stereocenters. The fourth-order valence-corrected chi connectivity index (χ4v) is 0.934. The maximum atomic E-state index is 10.7. The van der Waals surface area contributed by atoms with Crippen molar-refractivity contribution in [2.75, 3.05) is 26.4 Å². The van der Waals surface area contributed by atoms with Crippen molar-refractivity contribution in [2.24, 2.45) is 0 Å². The third-order valence-electron chi connectivity index (χ3n) is 1.54. The summed E-state index contributed by atoms with van der Waals surface area (Å²) in [5.41, 5.74) is 0. The molecule has 0 bridgehead atoms. The molecule has 1 fully saturated rings. The zero-order chi connectivity index (χ0) is 9.52. The van der Waals surface area contributed by atoms with Gasteiger partial charge in [-0.15, -0.1) is 0 Å². The van der Waals surface area contributed by atoms with Crippen LogP contribution in [-0.4, -0.2) is 38.5 Å². The largest absolute Gasteiger partial charge is 0.462 e. The highest BCUT2D eigenvalue weighted by Gasteiger charge is 2.16. The molecule has 0 spiro atoms. The average Bonchev–Trinajstić information content (AvgIpc) is 2.17. The van der Waals surface area contributed by atoms with Crippen molar-refractivity contribution >= 4 is 5.97 Å². The topological polar surface area (TPSA) is 68.6 Å². The molecular formula is C8H11NO4. The van der Waals surface area contributed by atoms with Crippen molar-refractivity contribution in [3.05, 3.63) is 0 Å². The molecule has 0 N–H and O–H groups in total. The lowest BCUT2D eigenvalue weighted by molar-refractivity contribution is -0.154. The number of nitriles is 1. The molecule has 0 aliphatic carbocycles. The van der Waals surface area contributed by atoms with E-state index < -0.39 is 5.97 Å². The summed E-state index contributed by atoms with van der Waals surface area (Å²) >= 11 is 0. The van der Waals surface area contributed by atoms with Crippen LogP contribution < -0.4 is 0 Å². The van der Waals surface area contributed by atoms with Crippen molar-refractivity contribution in [3.63, 3.8) is 0 Å². The smallest absolute Gasteiger partial charge is 0.320 e. The van der Waals surface area contributed by atoms with E-state index in [4.69, 9.17) is 19.5 Å². The Morgan fingerprint density at radius 1 is 1.62 bits per heavy atom. The van der Waals surface area contributed by atoms with Gasteiger partial charge in [-0.3, -0.25) is 4.79 Å². The normalized spacial score (nSPS) is 21.9. The van der Waals surface area contributed by atoms with E-state index in [0.717, 1.165) is 0 Å². The van der Waals surface area contributed by atoms with Crippen LogP contribution in [0.5, 0.6) is 0 Å². The van der Waals surface area contributed by atoms with Gasteiger partial charge in [-0.25, -0.2) is 0 Å². The van der Waals surface area contributed by atoms with Crippen molar-refractivity contribution in [2.45, 2.75) is 12.5 Å². The lowest BCUT2D eigenvalue weighted by Gasteiger charge is -2.22. The summed E-state index contributed by atoms with van der Waals surface area (Å²) in [4.78, 5) is 10.7. The van der Waals surface area contributed by atoms with Crippen LogP contribution in [0.4, 0.5) is 0 Å². The summed E-state index contributed by atoms with van der Waals surface area (Å²) in [5.74, 6) is -0.517. The molecule has 0 aromatic rings. The van der Waals surface area contributed by atoms with E-state index in [1.54, 1.807) is 6.07 Å². The molecule has 13 heavy (non-hydrogen) atoms. The molecule has 1 aliphatic rings. The Kier molecular flexibility index (Phi) is 4.23. The number of hydrogen-bond donors (Lipinski definition) is 0. The minimum Gasteiger partial charge on any atom is -0.462 e. The number of carbonyl (C=O) groups is 1. The highest BCUT2D eigenvalue weighted by Crippen LogP contribution is 2.01. The number of esters is 1. The monoisotopic (exact) mass is 185 g/mol. The minimum atomic E-state index is -0.517. The van der Waals surface area contributed by atoms with E-state index >= 15 is 0 Å². The van der Waals surface area contributed by atoms with Crippen LogP contribution in [0.3, 0.4) is 0 Å². The summed E-state index contributed by atoms with van der Waals surface area (Å²) in [5, 5.41) is 8.17. The molecule has 1 rings (SSSR count). The molecule has 1 unspecified atom stereocenters. The van der Waals surface area contributed by atoms with Gasteiger partial charge < -0.3 is 14.2 Å². The molecule has 5 heteroatoms. The van der Waals surface area contributed by atoms with Crippen LogP contribution in [0.1, 0.15) is 6.42 Å². The fraction of sp³-hybridized carbons (Fsp3) is 0.750. The molecule has 72 valence electrons. The molecule has 0 amide bonds. The number of hydrogen-bond acceptors (Lipinski definition) is 5. The van der Waals surface area contributed by atoms with Crippen LogP contribution in [-0.2, 0) is 19.0 Å².